The molecule has 0 bridgehead atoms. The molecule has 0 spiro atoms. The molecule has 1 atom stereocenters. The van der Waals surface area contributed by atoms with Gasteiger partial charge in [0, 0.05) is 31.5 Å². The Labute approximate surface area is 218 Å². The molecule has 3 N–H and O–H groups in total. The lowest BCUT2D eigenvalue weighted by Crippen LogP contribution is -2.35. The average molecular weight is 547 g/mol. The molecule has 13 heteroatoms. The Balaban J connectivity index is 1.48. The van der Waals surface area contributed by atoms with E-state index in [1.54, 1.807) is 6.07 Å². The maximum absolute atomic E-state index is 13.9. The summed E-state index contributed by atoms with van der Waals surface area (Å²) in [6, 6.07) is 9.34. The molecule has 1 aliphatic heterocycles. The Morgan fingerprint density at radius 2 is 1.89 bits per heavy atom. The number of pyridine rings is 2. The standard InChI is InChI=1S/C24H24ClFN6O4S/c1-37(35,36)32-10-2-9-27-21(14-32)15-3-6-20(28-12-15)24(34)30-19-7-5-17(26)11-18(19)23(33)31-22-8-4-16(25)13-29-22/h3-8,11-13,21,27H,2,9-10,14H2,1H3,(H,30,34)(H,29,31,33). The number of carbonyl (C=O) groups excluding carboxylic acids is 2. The largest absolute Gasteiger partial charge is 0.320 e. The van der Waals surface area contributed by atoms with Crippen LogP contribution in [0.15, 0.2) is 54.9 Å². The number of sulfonamides is 1. The molecule has 37 heavy (non-hydrogen) atoms. The maximum atomic E-state index is 13.9. The summed E-state index contributed by atoms with van der Waals surface area (Å²) in [5, 5.41) is 8.81. The number of hydrogen-bond donors (Lipinski definition) is 3. The molecule has 2 aromatic heterocycles. The van der Waals surface area contributed by atoms with Gasteiger partial charge in [0.15, 0.2) is 0 Å². The second-order valence-electron chi connectivity index (χ2n) is 8.42. The number of amides is 2. The molecule has 1 fully saturated rings. The van der Waals surface area contributed by atoms with Crippen LogP contribution in [0.2, 0.25) is 5.02 Å². The number of anilines is 2. The minimum Gasteiger partial charge on any atom is -0.320 e. The van der Waals surface area contributed by atoms with Crippen LogP contribution >= 0.6 is 11.6 Å². The van der Waals surface area contributed by atoms with E-state index in [2.05, 4.69) is 25.9 Å². The fourth-order valence-corrected chi connectivity index (χ4v) is 4.79. The Hall–Kier alpha value is -3.45. The van der Waals surface area contributed by atoms with Crippen LogP contribution in [0, 0.1) is 5.82 Å². The predicted molar refractivity (Wildman–Crippen MR) is 138 cm³/mol. The molecule has 0 radical (unpaired) electrons. The van der Waals surface area contributed by atoms with Gasteiger partial charge in [-0.15, -0.1) is 0 Å². The lowest BCUT2D eigenvalue weighted by molar-refractivity contribution is 0.102. The van der Waals surface area contributed by atoms with Crippen LogP contribution in [0.25, 0.3) is 0 Å². The van der Waals surface area contributed by atoms with Gasteiger partial charge in [-0.25, -0.2) is 22.1 Å². The fourth-order valence-electron chi connectivity index (χ4n) is 3.79. The van der Waals surface area contributed by atoms with Gasteiger partial charge in [-0.1, -0.05) is 17.7 Å². The van der Waals surface area contributed by atoms with Gasteiger partial charge in [0.1, 0.15) is 17.3 Å². The van der Waals surface area contributed by atoms with Crippen molar-refractivity contribution >= 4 is 44.9 Å². The topological polar surface area (TPSA) is 133 Å². The summed E-state index contributed by atoms with van der Waals surface area (Å²) in [7, 11) is -3.34. The van der Waals surface area contributed by atoms with Crippen LogP contribution in [-0.4, -0.2) is 60.4 Å². The van der Waals surface area contributed by atoms with Crippen molar-refractivity contribution in [3.05, 3.63) is 82.5 Å². The van der Waals surface area contributed by atoms with Gasteiger partial charge in [0.05, 0.1) is 22.5 Å². The molecule has 1 saturated heterocycles. The first-order valence-corrected chi connectivity index (χ1v) is 13.5. The third-order valence-corrected chi connectivity index (χ3v) is 7.19. The second kappa shape index (κ2) is 11.3. The van der Waals surface area contributed by atoms with Gasteiger partial charge in [0.2, 0.25) is 10.0 Å². The molecule has 3 aromatic rings. The number of nitrogens with zero attached hydrogens (tertiary/aromatic N) is 3. The summed E-state index contributed by atoms with van der Waals surface area (Å²) in [6.07, 6.45) is 4.71. The summed E-state index contributed by atoms with van der Waals surface area (Å²) >= 11 is 5.80. The molecule has 4 rings (SSSR count). The van der Waals surface area contributed by atoms with Gasteiger partial charge in [-0.2, -0.15) is 0 Å². The van der Waals surface area contributed by atoms with Gasteiger partial charge in [-0.3, -0.25) is 14.6 Å². The number of halogens is 2. The van der Waals surface area contributed by atoms with E-state index in [9.17, 15) is 22.4 Å². The smallest absolute Gasteiger partial charge is 0.274 e. The van der Waals surface area contributed by atoms with Gasteiger partial charge in [0.25, 0.3) is 11.8 Å². The van der Waals surface area contributed by atoms with Crippen LogP contribution in [0.5, 0.6) is 0 Å². The van der Waals surface area contributed by atoms with Crippen molar-refractivity contribution in [3.63, 3.8) is 0 Å². The van der Waals surface area contributed by atoms with Crippen molar-refractivity contribution in [2.24, 2.45) is 0 Å². The predicted octanol–water partition coefficient (Wildman–Crippen LogP) is 3.07. The van der Waals surface area contributed by atoms with E-state index >= 15 is 0 Å². The number of hydrogen-bond acceptors (Lipinski definition) is 7. The lowest BCUT2D eigenvalue weighted by atomic mass is 10.1. The molecule has 194 valence electrons. The van der Waals surface area contributed by atoms with Crippen LogP contribution in [0.1, 0.15) is 38.9 Å². The molecule has 0 aliphatic carbocycles. The minimum atomic E-state index is -3.34. The quantitative estimate of drug-likeness (QED) is 0.432. The molecular formula is C24H24ClFN6O4S. The van der Waals surface area contributed by atoms with Gasteiger partial charge < -0.3 is 16.0 Å². The Morgan fingerprint density at radius 3 is 2.57 bits per heavy atom. The van der Waals surface area contributed by atoms with Crippen molar-refractivity contribution in [2.45, 2.75) is 12.5 Å². The first-order valence-electron chi connectivity index (χ1n) is 11.3. The molecule has 1 aliphatic rings. The normalized spacial score (nSPS) is 16.6. The number of rotatable bonds is 6. The highest BCUT2D eigenvalue weighted by molar-refractivity contribution is 7.88. The van der Waals surface area contributed by atoms with Crippen molar-refractivity contribution in [2.75, 3.05) is 36.5 Å². The van der Waals surface area contributed by atoms with E-state index < -0.39 is 27.7 Å². The van der Waals surface area contributed by atoms with E-state index in [-0.39, 0.29) is 35.3 Å². The first-order chi connectivity index (χ1) is 17.6. The van der Waals surface area contributed by atoms with Gasteiger partial charge in [-0.05, 0) is 54.9 Å². The van der Waals surface area contributed by atoms with E-state index in [1.807, 2.05) is 0 Å². The van der Waals surface area contributed by atoms with Crippen molar-refractivity contribution < 1.29 is 22.4 Å². The summed E-state index contributed by atoms with van der Waals surface area (Å²) in [4.78, 5) is 33.8. The highest BCUT2D eigenvalue weighted by Crippen LogP contribution is 2.22. The maximum Gasteiger partial charge on any atom is 0.274 e. The van der Waals surface area contributed by atoms with Crippen molar-refractivity contribution in [1.29, 1.82) is 0 Å². The summed E-state index contributed by atoms with van der Waals surface area (Å²) in [6.45, 7) is 1.32. The SMILES string of the molecule is CS(=O)(=O)N1CCCNC(c2ccc(C(=O)Nc3ccc(F)cc3C(=O)Nc3ccc(Cl)cn3)nc2)C1. The number of benzene rings is 1. The van der Waals surface area contributed by atoms with Crippen LogP contribution in [0.4, 0.5) is 15.9 Å². The summed E-state index contributed by atoms with van der Waals surface area (Å²) in [5.74, 6) is -1.74. The van der Waals surface area contributed by atoms with E-state index in [0.29, 0.717) is 24.5 Å². The second-order valence-corrected chi connectivity index (χ2v) is 10.8. The van der Waals surface area contributed by atoms with Gasteiger partial charge >= 0.3 is 0 Å². The zero-order valence-corrected chi connectivity index (χ0v) is 21.3. The Kier molecular flexibility index (Phi) is 8.13. The Bertz CT molecular complexity index is 1400. The molecular weight excluding hydrogens is 523 g/mol. The highest BCUT2D eigenvalue weighted by Gasteiger charge is 2.25. The van der Waals surface area contributed by atoms with E-state index in [4.69, 9.17) is 11.6 Å². The molecule has 2 amide bonds. The Morgan fingerprint density at radius 1 is 1.08 bits per heavy atom. The fraction of sp³-hybridized carbons (Fsp3) is 0.250. The summed E-state index contributed by atoms with van der Waals surface area (Å²) in [5.41, 5.74) is 0.764. The average Bonchev–Trinajstić information content (AvgIpc) is 3.13. The molecule has 0 saturated carbocycles. The zero-order valence-electron chi connectivity index (χ0n) is 19.7. The first kappa shape index (κ1) is 26.6. The zero-order chi connectivity index (χ0) is 26.6. The van der Waals surface area contributed by atoms with E-state index in [0.717, 1.165) is 17.7 Å². The number of carbonyl (C=O) groups is 2. The summed E-state index contributed by atoms with van der Waals surface area (Å²) < 4.78 is 39.4. The highest BCUT2D eigenvalue weighted by atomic mass is 35.5. The van der Waals surface area contributed by atoms with Crippen LogP contribution in [0.3, 0.4) is 0 Å². The number of aromatic nitrogens is 2. The van der Waals surface area contributed by atoms with Crippen molar-refractivity contribution in [3.8, 4) is 0 Å². The monoisotopic (exact) mass is 546 g/mol. The third kappa shape index (κ3) is 6.86. The molecule has 1 unspecified atom stereocenters. The molecule has 3 heterocycles. The van der Waals surface area contributed by atoms with Crippen LogP contribution in [-0.2, 0) is 10.0 Å². The number of nitrogens with one attached hydrogen (secondary N) is 3. The molecule has 10 nitrogen and oxygen atoms in total. The molecule has 1 aromatic carbocycles. The van der Waals surface area contributed by atoms with Crippen LogP contribution < -0.4 is 16.0 Å². The minimum absolute atomic E-state index is 0.0624. The van der Waals surface area contributed by atoms with Crippen molar-refractivity contribution in [1.82, 2.24) is 19.6 Å². The lowest BCUT2D eigenvalue weighted by Gasteiger charge is -2.22. The van der Waals surface area contributed by atoms with E-state index in [1.165, 1.54) is 47.2 Å². The third-order valence-electron chi connectivity index (χ3n) is 5.70.